The molecule has 6 heteroatoms. The lowest BCUT2D eigenvalue weighted by atomic mass is 9.89. The Kier molecular flexibility index (Phi) is 3.70. The molecule has 1 saturated heterocycles. The van der Waals surface area contributed by atoms with Crippen molar-refractivity contribution in [1.29, 1.82) is 0 Å². The third-order valence-electron chi connectivity index (χ3n) is 3.51. The molecular weight excluding hydrogens is 268 g/mol. The Morgan fingerprint density at radius 3 is 2.81 bits per heavy atom. The summed E-state index contributed by atoms with van der Waals surface area (Å²) in [5, 5.41) is 10.8. The smallest absolute Gasteiger partial charge is 0.273 e. The molecule has 1 fully saturated rings. The van der Waals surface area contributed by atoms with Crippen LogP contribution in [0.5, 0.6) is 0 Å². The Morgan fingerprint density at radius 1 is 1.38 bits per heavy atom. The van der Waals surface area contributed by atoms with Crippen LogP contribution in [0, 0.1) is 5.41 Å². The van der Waals surface area contributed by atoms with E-state index < -0.39 is 0 Å². The van der Waals surface area contributed by atoms with Crippen LogP contribution in [0.3, 0.4) is 0 Å². The summed E-state index contributed by atoms with van der Waals surface area (Å²) in [6, 6.07) is 9.77. The zero-order valence-electron chi connectivity index (χ0n) is 12.0. The lowest BCUT2D eigenvalue weighted by molar-refractivity contribution is -0.111. The van der Waals surface area contributed by atoms with Crippen molar-refractivity contribution in [2.24, 2.45) is 5.41 Å². The summed E-state index contributed by atoms with van der Waals surface area (Å²) in [4.78, 5) is 12.0. The number of benzene rings is 1. The third-order valence-corrected chi connectivity index (χ3v) is 3.51. The van der Waals surface area contributed by atoms with Crippen molar-refractivity contribution in [3.05, 3.63) is 47.8 Å². The van der Waals surface area contributed by atoms with Crippen LogP contribution in [-0.2, 0) is 17.8 Å². The van der Waals surface area contributed by atoms with Gasteiger partial charge in [0.2, 0.25) is 0 Å². The molecule has 1 aliphatic heterocycles. The van der Waals surface area contributed by atoms with Gasteiger partial charge >= 0.3 is 0 Å². The Hall–Kier alpha value is -2.21. The molecular formula is C15H18N4O2. The van der Waals surface area contributed by atoms with Crippen molar-refractivity contribution >= 4 is 5.91 Å². The van der Waals surface area contributed by atoms with Gasteiger partial charge in [-0.2, -0.15) is 0 Å². The van der Waals surface area contributed by atoms with E-state index in [0.717, 1.165) is 18.8 Å². The van der Waals surface area contributed by atoms with Crippen molar-refractivity contribution in [3.63, 3.8) is 0 Å². The van der Waals surface area contributed by atoms with Crippen molar-refractivity contribution in [2.45, 2.75) is 20.0 Å². The highest BCUT2D eigenvalue weighted by atomic mass is 16.5. The molecule has 21 heavy (non-hydrogen) atoms. The first-order valence-electron chi connectivity index (χ1n) is 6.95. The third kappa shape index (κ3) is 3.28. The monoisotopic (exact) mass is 286 g/mol. The van der Waals surface area contributed by atoms with E-state index >= 15 is 0 Å². The highest BCUT2D eigenvalue weighted by molar-refractivity contribution is 5.91. The van der Waals surface area contributed by atoms with Gasteiger partial charge in [0.1, 0.15) is 0 Å². The van der Waals surface area contributed by atoms with Crippen LogP contribution in [-0.4, -0.2) is 34.1 Å². The molecule has 1 amide bonds. The summed E-state index contributed by atoms with van der Waals surface area (Å²) < 4.78 is 6.92. The average molecular weight is 286 g/mol. The van der Waals surface area contributed by atoms with Gasteiger partial charge in [-0.25, -0.2) is 0 Å². The Bertz CT molecular complexity index is 620. The minimum atomic E-state index is -0.208. The van der Waals surface area contributed by atoms with Crippen LogP contribution in [0.15, 0.2) is 36.5 Å². The molecule has 0 saturated carbocycles. The molecule has 1 aliphatic rings. The Morgan fingerprint density at radius 2 is 2.14 bits per heavy atom. The lowest BCUT2D eigenvalue weighted by Crippen LogP contribution is -2.43. The minimum Gasteiger partial charge on any atom is -0.380 e. The fraction of sp³-hybridized carbons (Fsp3) is 0.400. The number of hydrogen-bond acceptors (Lipinski definition) is 4. The van der Waals surface area contributed by atoms with E-state index in [1.807, 2.05) is 30.3 Å². The molecule has 0 radical (unpaired) electrons. The molecule has 2 aromatic rings. The van der Waals surface area contributed by atoms with Gasteiger partial charge in [0.15, 0.2) is 5.69 Å². The van der Waals surface area contributed by atoms with E-state index in [1.165, 1.54) is 0 Å². The van der Waals surface area contributed by atoms with Gasteiger partial charge in [0.25, 0.3) is 5.91 Å². The number of amides is 1. The molecule has 0 bridgehead atoms. The van der Waals surface area contributed by atoms with Crippen LogP contribution in [0.25, 0.3) is 0 Å². The zero-order chi connectivity index (χ0) is 14.7. The van der Waals surface area contributed by atoms with E-state index in [-0.39, 0.29) is 11.3 Å². The van der Waals surface area contributed by atoms with E-state index in [0.29, 0.717) is 18.8 Å². The molecule has 2 heterocycles. The number of ether oxygens (including phenoxy) is 1. The van der Waals surface area contributed by atoms with E-state index in [9.17, 15) is 4.79 Å². The van der Waals surface area contributed by atoms with Crippen molar-refractivity contribution in [1.82, 2.24) is 20.3 Å². The topological polar surface area (TPSA) is 69.0 Å². The molecule has 0 atom stereocenters. The highest BCUT2D eigenvalue weighted by Crippen LogP contribution is 2.28. The highest BCUT2D eigenvalue weighted by Gasteiger charge is 2.34. The van der Waals surface area contributed by atoms with E-state index in [2.05, 4.69) is 22.6 Å². The zero-order valence-corrected chi connectivity index (χ0v) is 12.0. The number of hydrogen-bond donors (Lipinski definition) is 1. The normalized spacial score (nSPS) is 16.2. The molecule has 0 aliphatic carbocycles. The number of carbonyl (C=O) groups excluding carboxylic acids is 1. The van der Waals surface area contributed by atoms with Crippen molar-refractivity contribution in [3.8, 4) is 0 Å². The molecule has 1 N–H and O–H groups in total. The fourth-order valence-corrected chi connectivity index (χ4v) is 2.28. The fourth-order valence-electron chi connectivity index (χ4n) is 2.28. The number of rotatable bonds is 5. The summed E-state index contributed by atoms with van der Waals surface area (Å²) in [6.07, 6.45) is 1.68. The maximum atomic E-state index is 12.0. The number of aromatic nitrogens is 3. The molecule has 1 aromatic heterocycles. The van der Waals surface area contributed by atoms with Crippen LogP contribution in [0.1, 0.15) is 23.0 Å². The van der Waals surface area contributed by atoms with Gasteiger partial charge in [-0.05, 0) is 5.56 Å². The molecule has 3 rings (SSSR count). The second-order valence-corrected chi connectivity index (χ2v) is 5.77. The molecule has 110 valence electrons. The molecule has 0 unspecified atom stereocenters. The molecule has 1 aromatic carbocycles. The largest absolute Gasteiger partial charge is 0.380 e. The first kappa shape index (κ1) is 13.8. The quantitative estimate of drug-likeness (QED) is 0.898. The van der Waals surface area contributed by atoms with Crippen LogP contribution < -0.4 is 5.32 Å². The predicted octanol–water partition coefficient (Wildman–Crippen LogP) is 1.24. The van der Waals surface area contributed by atoms with Crippen LogP contribution in [0.2, 0.25) is 0 Å². The first-order valence-corrected chi connectivity index (χ1v) is 6.95. The maximum absolute atomic E-state index is 12.0. The summed E-state index contributed by atoms with van der Waals surface area (Å²) in [5.41, 5.74) is 1.50. The standard InChI is InChI=1S/C15H18N4O2/c1-15(10-21-11-15)9-19-8-13(17-18-19)14(20)16-7-12-5-3-2-4-6-12/h2-6,8H,7,9-11H2,1H3,(H,16,20). The molecule has 0 spiro atoms. The lowest BCUT2D eigenvalue weighted by Gasteiger charge is -2.37. The van der Waals surface area contributed by atoms with Gasteiger partial charge in [-0.1, -0.05) is 42.5 Å². The van der Waals surface area contributed by atoms with Crippen molar-refractivity contribution < 1.29 is 9.53 Å². The first-order chi connectivity index (χ1) is 10.1. The average Bonchev–Trinajstić information content (AvgIpc) is 2.92. The van der Waals surface area contributed by atoms with Gasteiger partial charge in [-0.15, -0.1) is 5.10 Å². The Labute approximate surface area is 123 Å². The number of nitrogens with one attached hydrogen (secondary N) is 1. The minimum absolute atomic E-state index is 0.103. The molecule has 6 nitrogen and oxygen atoms in total. The maximum Gasteiger partial charge on any atom is 0.273 e. The predicted molar refractivity (Wildman–Crippen MR) is 76.6 cm³/mol. The van der Waals surface area contributed by atoms with Crippen LogP contribution in [0.4, 0.5) is 0 Å². The van der Waals surface area contributed by atoms with E-state index in [1.54, 1.807) is 10.9 Å². The van der Waals surface area contributed by atoms with Gasteiger partial charge < -0.3 is 10.1 Å². The van der Waals surface area contributed by atoms with Gasteiger partial charge in [0, 0.05) is 12.0 Å². The summed E-state index contributed by atoms with van der Waals surface area (Å²) in [7, 11) is 0. The second kappa shape index (κ2) is 5.65. The number of carbonyl (C=O) groups is 1. The van der Waals surface area contributed by atoms with Crippen LogP contribution >= 0.6 is 0 Å². The van der Waals surface area contributed by atoms with Gasteiger partial charge in [0.05, 0.1) is 26.0 Å². The number of nitrogens with zero attached hydrogens (tertiary/aromatic N) is 3. The summed E-state index contributed by atoms with van der Waals surface area (Å²) >= 11 is 0. The summed E-state index contributed by atoms with van der Waals surface area (Å²) in [5.74, 6) is -0.208. The van der Waals surface area contributed by atoms with E-state index in [4.69, 9.17) is 4.74 Å². The second-order valence-electron chi connectivity index (χ2n) is 5.77. The van der Waals surface area contributed by atoms with Gasteiger partial charge in [-0.3, -0.25) is 9.48 Å². The summed E-state index contributed by atoms with van der Waals surface area (Å²) in [6.45, 7) is 4.78. The SMILES string of the molecule is CC1(Cn2cc(C(=O)NCc3ccccc3)nn2)COC1. The van der Waals surface area contributed by atoms with Crippen molar-refractivity contribution in [2.75, 3.05) is 13.2 Å². The Balaban J connectivity index is 1.56.